The minimum atomic E-state index is -0.917. The average Bonchev–Trinajstić information content (AvgIpc) is 2.69. The predicted octanol–water partition coefficient (Wildman–Crippen LogP) is 3.25. The number of nitrogens with one attached hydrogen (secondary N) is 1. The third-order valence-electron chi connectivity index (χ3n) is 2.82. The molecule has 1 aliphatic rings. The average molecular weight is 291 g/mol. The zero-order valence-corrected chi connectivity index (χ0v) is 10.8. The van der Waals surface area contributed by atoms with Crippen LogP contribution in [0.15, 0.2) is 46.2 Å². The molecular formula is C14H7F2NO2S. The van der Waals surface area contributed by atoms with E-state index in [4.69, 9.17) is 0 Å². The van der Waals surface area contributed by atoms with Crippen LogP contribution in [0.1, 0.15) is 10.4 Å². The van der Waals surface area contributed by atoms with Crippen LogP contribution in [0, 0.1) is 11.6 Å². The molecule has 0 saturated heterocycles. The van der Waals surface area contributed by atoms with Crippen molar-refractivity contribution in [2.24, 2.45) is 0 Å². The van der Waals surface area contributed by atoms with Crippen LogP contribution in [0.5, 0.6) is 0 Å². The van der Waals surface area contributed by atoms with E-state index in [1.807, 2.05) is 0 Å². The number of Topliss-reactive ketones (excluding diaryl/α,β-unsaturated/α-hetero) is 1. The maximum absolute atomic E-state index is 13.1. The summed E-state index contributed by atoms with van der Waals surface area (Å²) in [4.78, 5) is 23.9. The lowest BCUT2D eigenvalue weighted by Crippen LogP contribution is -2.12. The molecule has 20 heavy (non-hydrogen) atoms. The number of benzene rings is 2. The molecule has 0 atom stereocenters. The minimum absolute atomic E-state index is 0.324. The van der Waals surface area contributed by atoms with Gasteiger partial charge in [-0.1, -0.05) is 11.8 Å². The summed E-state index contributed by atoms with van der Waals surface area (Å²) in [6.07, 6.45) is 0. The number of amides is 1. The molecule has 6 heteroatoms. The summed E-state index contributed by atoms with van der Waals surface area (Å²) < 4.78 is 25.9. The van der Waals surface area contributed by atoms with Gasteiger partial charge >= 0.3 is 0 Å². The Kier molecular flexibility index (Phi) is 3.02. The van der Waals surface area contributed by atoms with E-state index >= 15 is 0 Å². The van der Waals surface area contributed by atoms with Crippen molar-refractivity contribution in [1.29, 1.82) is 0 Å². The smallest absolute Gasteiger partial charge is 0.296 e. The summed E-state index contributed by atoms with van der Waals surface area (Å²) in [6.45, 7) is 0. The number of carbonyl (C=O) groups excluding carboxylic acids is 2. The third kappa shape index (κ3) is 2.18. The molecule has 1 amide bonds. The highest BCUT2D eigenvalue weighted by Crippen LogP contribution is 2.33. The van der Waals surface area contributed by atoms with Gasteiger partial charge in [0.05, 0.1) is 11.3 Å². The molecule has 0 unspecified atom stereocenters. The van der Waals surface area contributed by atoms with Gasteiger partial charge in [0.15, 0.2) is 11.6 Å². The summed E-state index contributed by atoms with van der Waals surface area (Å²) in [7, 11) is 0. The molecule has 1 heterocycles. The van der Waals surface area contributed by atoms with Crippen molar-refractivity contribution in [3.05, 3.63) is 53.6 Å². The number of fused-ring (bicyclic) bond motifs is 1. The monoisotopic (exact) mass is 291 g/mol. The van der Waals surface area contributed by atoms with Crippen LogP contribution < -0.4 is 5.32 Å². The Hall–Kier alpha value is -2.21. The molecule has 2 aromatic rings. The molecule has 1 N–H and O–H groups in total. The fourth-order valence-corrected chi connectivity index (χ4v) is 2.75. The lowest BCUT2D eigenvalue weighted by molar-refractivity contribution is -0.112. The molecule has 0 spiro atoms. The topological polar surface area (TPSA) is 46.2 Å². The lowest BCUT2D eigenvalue weighted by Gasteiger charge is -2.04. The zero-order chi connectivity index (χ0) is 14.3. The van der Waals surface area contributed by atoms with Crippen LogP contribution in [-0.4, -0.2) is 11.7 Å². The molecule has 3 rings (SSSR count). The number of halogens is 2. The van der Waals surface area contributed by atoms with Gasteiger partial charge in [-0.15, -0.1) is 0 Å². The molecule has 0 bridgehead atoms. The Morgan fingerprint density at radius 3 is 2.35 bits per heavy atom. The van der Waals surface area contributed by atoms with E-state index in [1.165, 1.54) is 23.9 Å². The molecule has 0 radical (unpaired) electrons. The molecule has 1 aliphatic heterocycles. The van der Waals surface area contributed by atoms with E-state index in [2.05, 4.69) is 5.32 Å². The van der Waals surface area contributed by atoms with Crippen molar-refractivity contribution < 1.29 is 18.4 Å². The summed E-state index contributed by atoms with van der Waals surface area (Å²) in [5, 5.41) is 2.46. The maximum Gasteiger partial charge on any atom is 0.296 e. The number of hydrogen-bond acceptors (Lipinski definition) is 3. The van der Waals surface area contributed by atoms with Gasteiger partial charge in [-0.3, -0.25) is 9.59 Å². The number of hydrogen-bond donors (Lipinski definition) is 1. The van der Waals surface area contributed by atoms with Gasteiger partial charge < -0.3 is 5.32 Å². The molecule has 3 nitrogen and oxygen atoms in total. The zero-order valence-electron chi connectivity index (χ0n) is 9.94. The molecule has 100 valence electrons. The molecule has 0 saturated carbocycles. The number of anilines is 1. The third-order valence-corrected chi connectivity index (χ3v) is 3.80. The summed E-state index contributed by atoms with van der Waals surface area (Å²) >= 11 is 1.21. The van der Waals surface area contributed by atoms with Crippen molar-refractivity contribution >= 4 is 29.1 Å². The first kappa shape index (κ1) is 12.8. The first-order valence-corrected chi connectivity index (χ1v) is 6.49. The van der Waals surface area contributed by atoms with Gasteiger partial charge in [0.1, 0.15) is 0 Å². The molecule has 0 aliphatic carbocycles. The van der Waals surface area contributed by atoms with Gasteiger partial charge in [-0.05, 0) is 36.4 Å². The van der Waals surface area contributed by atoms with Crippen LogP contribution in [-0.2, 0) is 4.79 Å². The van der Waals surface area contributed by atoms with E-state index in [1.54, 1.807) is 12.1 Å². The van der Waals surface area contributed by atoms with Crippen LogP contribution >= 0.6 is 11.8 Å². The maximum atomic E-state index is 13.1. The van der Waals surface area contributed by atoms with Crippen LogP contribution in [0.3, 0.4) is 0 Å². The van der Waals surface area contributed by atoms with E-state index in [0.29, 0.717) is 21.0 Å². The quantitative estimate of drug-likeness (QED) is 0.864. The Morgan fingerprint density at radius 1 is 0.900 bits per heavy atom. The predicted molar refractivity (Wildman–Crippen MR) is 69.9 cm³/mol. The van der Waals surface area contributed by atoms with Crippen LogP contribution in [0.25, 0.3) is 0 Å². The summed E-state index contributed by atoms with van der Waals surface area (Å²) in [5.41, 5.74) is 0.761. The minimum Gasteiger partial charge on any atom is -0.318 e. The second kappa shape index (κ2) is 4.72. The number of carbonyl (C=O) groups is 2. The van der Waals surface area contributed by atoms with Crippen LogP contribution in [0.4, 0.5) is 14.5 Å². The lowest BCUT2D eigenvalue weighted by atomic mass is 10.1. The highest BCUT2D eigenvalue weighted by atomic mass is 32.2. The summed E-state index contributed by atoms with van der Waals surface area (Å²) in [6, 6.07) is 8.43. The molecule has 2 aromatic carbocycles. The molecule has 0 aromatic heterocycles. The molecular weight excluding hydrogens is 284 g/mol. The fraction of sp³-hybridized carbons (Fsp3) is 0. The van der Waals surface area contributed by atoms with Gasteiger partial charge in [-0.25, -0.2) is 8.78 Å². The van der Waals surface area contributed by atoms with Gasteiger partial charge in [0.2, 0.25) is 0 Å². The van der Waals surface area contributed by atoms with E-state index in [9.17, 15) is 18.4 Å². The number of ketones is 1. The second-order valence-corrected chi connectivity index (χ2v) is 5.32. The van der Waals surface area contributed by atoms with Gasteiger partial charge in [-0.2, -0.15) is 0 Å². The largest absolute Gasteiger partial charge is 0.318 e. The SMILES string of the molecule is O=C1Nc2cc(Sc3ccc(F)c(F)c3)ccc2C1=O. The van der Waals surface area contributed by atoms with Gasteiger partial charge in [0, 0.05) is 9.79 Å². The van der Waals surface area contributed by atoms with E-state index in [0.717, 1.165) is 12.1 Å². The van der Waals surface area contributed by atoms with E-state index < -0.39 is 23.3 Å². The van der Waals surface area contributed by atoms with Crippen molar-refractivity contribution in [1.82, 2.24) is 0 Å². The Bertz CT molecular complexity index is 746. The number of rotatable bonds is 2. The Labute approximate surface area is 117 Å². The van der Waals surface area contributed by atoms with Gasteiger partial charge in [0.25, 0.3) is 11.7 Å². The Balaban J connectivity index is 1.89. The van der Waals surface area contributed by atoms with Crippen molar-refractivity contribution in [2.45, 2.75) is 9.79 Å². The second-order valence-electron chi connectivity index (χ2n) is 4.17. The van der Waals surface area contributed by atoms with Crippen molar-refractivity contribution in [3.8, 4) is 0 Å². The highest BCUT2D eigenvalue weighted by molar-refractivity contribution is 7.99. The van der Waals surface area contributed by atoms with Crippen molar-refractivity contribution in [3.63, 3.8) is 0 Å². The first-order valence-electron chi connectivity index (χ1n) is 5.67. The Morgan fingerprint density at radius 2 is 1.60 bits per heavy atom. The standard InChI is InChI=1S/C14H7F2NO2S/c15-10-4-2-7(5-11(10)16)20-8-1-3-9-12(6-8)17-14(19)13(9)18/h1-6H,(H,17,18,19). The van der Waals surface area contributed by atoms with E-state index in [-0.39, 0.29) is 0 Å². The molecule has 0 fully saturated rings. The summed E-state index contributed by atoms with van der Waals surface area (Å²) in [5.74, 6) is -3.04. The first-order chi connectivity index (χ1) is 9.54. The van der Waals surface area contributed by atoms with Crippen molar-refractivity contribution in [2.75, 3.05) is 5.32 Å². The van der Waals surface area contributed by atoms with Crippen LogP contribution in [0.2, 0.25) is 0 Å². The normalized spacial score (nSPS) is 13.3. The highest BCUT2D eigenvalue weighted by Gasteiger charge is 2.27. The fourth-order valence-electron chi connectivity index (χ4n) is 1.87.